The molecule has 0 N–H and O–H groups in total. The second-order valence-corrected chi connectivity index (χ2v) is 6.55. The van der Waals surface area contributed by atoms with Crippen molar-refractivity contribution < 1.29 is 14.3 Å². The number of halogens is 2. The van der Waals surface area contributed by atoms with Crippen molar-refractivity contribution in [1.29, 1.82) is 0 Å². The van der Waals surface area contributed by atoms with Crippen LogP contribution in [-0.4, -0.2) is 19.0 Å². The van der Waals surface area contributed by atoms with Gasteiger partial charge in [-0.15, -0.1) is 0 Å². The maximum absolute atomic E-state index is 13.1. The zero-order valence-electron chi connectivity index (χ0n) is 14.1. The lowest BCUT2D eigenvalue weighted by molar-refractivity contribution is -0.136. The second kappa shape index (κ2) is 7.36. The van der Waals surface area contributed by atoms with Crippen molar-refractivity contribution in [2.24, 2.45) is 0 Å². The lowest BCUT2D eigenvalue weighted by atomic mass is 10.0. The van der Waals surface area contributed by atoms with Crippen molar-refractivity contribution in [3.05, 3.63) is 81.0 Å². The predicted molar refractivity (Wildman–Crippen MR) is 103 cm³/mol. The van der Waals surface area contributed by atoms with Crippen molar-refractivity contribution >= 4 is 46.8 Å². The van der Waals surface area contributed by atoms with Gasteiger partial charge in [0.25, 0.3) is 5.91 Å². The van der Waals surface area contributed by atoms with Crippen molar-refractivity contribution in [3.63, 3.8) is 0 Å². The normalized spacial score (nSPS) is 15.8. The number of carbonyl (C=O) groups excluding carboxylic acids is 2. The molecule has 4 nitrogen and oxygen atoms in total. The van der Waals surface area contributed by atoms with Gasteiger partial charge in [-0.25, -0.2) is 4.79 Å². The van der Waals surface area contributed by atoms with Gasteiger partial charge in [0, 0.05) is 21.4 Å². The Morgan fingerprint density at radius 1 is 1.00 bits per heavy atom. The van der Waals surface area contributed by atoms with Crippen LogP contribution in [0.25, 0.3) is 6.08 Å². The van der Waals surface area contributed by atoms with E-state index < -0.39 is 5.97 Å². The Labute approximate surface area is 161 Å². The first-order valence-corrected chi connectivity index (χ1v) is 8.55. The molecule has 2 aromatic rings. The van der Waals surface area contributed by atoms with Gasteiger partial charge in [0.1, 0.15) is 0 Å². The first-order valence-electron chi connectivity index (χ1n) is 7.79. The molecule has 0 bridgehead atoms. The highest BCUT2D eigenvalue weighted by Crippen LogP contribution is 2.35. The van der Waals surface area contributed by atoms with Crippen LogP contribution in [0, 0.1) is 0 Å². The molecule has 0 spiro atoms. The minimum atomic E-state index is -0.562. The maximum Gasteiger partial charge on any atom is 0.340 e. The minimum Gasteiger partial charge on any atom is -0.465 e. The first kappa shape index (κ1) is 18.2. The Morgan fingerprint density at radius 3 is 2.08 bits per heavy atom. The number of allylic oxidation sites excluding steroid dienone is 1. The molecule has 0 atom stereocenters. The van der Waals surface area contributed by atoms with Gasteiger partial charge in [0.2, 0.25) is 0 Å². The van der Waals surface area contributed by atoms with Gasteiger partial charge >= 0.3 is 5.97 Å². The summed E-state index contributed by atoms with van der Waals surface area (Å²) in [6.07, 6.45) is 1.66. The zero-order chi connectivity index (χ0) is 18.8. The van der Waals surface area contributed by atoms with E-state index in [0.717, 1.165) is 5.56 Å². The van der Waals surface area contributed by atoms with Crippen LogP contribution in [0.3, 0.4) is 0 Å². The summed E-state index contributed by atoms with van der Waals surface area (Å²) in [5.41, 5.74) is 2.39. The molecular weight excluding hydrogens is 373 g/mol. The van der Waals surface area contributed by atoms with Crippen LogP contribution in [0.4, 0.5) is 5.69 Å². The number of amides is 1. The molecule has 132 valence electrons. The fourth-order valence-corrected chi connectivity index (χ4v) is 3.06. The minimum absolute atomic E-state index is 0.238. The van der Waals surface area contributed by atoms with Crippen LogP contribution in [-0.2, 0) is 14.3 Å². The van der Waals surface area contributed by atoms with Crippen molar-refractivity contribution in [2.75, 3.05) is 12.0 Å². The van der Waals surface area contributed by atoms with Crippen LogP contribution >= 0.6 is 23.2 Å². The highest BCUT2D eigenvalue weighted by Gasteiger charge is 2.37. The SMILES string of the molecule is COC(=O)C1=C(C)N(c2ccc(Cl)cc2)C(=O)/C1=C\c1ccc(Cl)cc1. The highest BCUT2D eigenvalue weighted by molar-refractivity contribution is 6.31. The molecule has 0 unspecified atom stereocenters. The number of hydrogen-bond donors (Lipinski definition) is 0. The van der Waals surface area contributed by atoms with Crippen LogP contribution in [0.5, 0.6) is 0 Å². The molecular formula is C20H15Cl2NO3. The van der Waals surface area contributed by atoms with Crippen LogP contribution in [0.15, 0.2) is 65.4 Å². The van der Waals surface area contributed by atoms with Gasteiger partial charge in [0.15, 0.2) is 0 Å². The van der Waals surface area contributed by atoms with Gasteiger partial charge in [-0.1, -0.05) is 35.3 Å². The van der Waals surface area contributed by atoms with E-state index in [1.165, 1.54) is 12.0 Å². The van der Waals surface area contributed by atoms with E-state index in [-0.39, 0.29) is 17.1 Å². The summed E-state index contributed by atoms with van der Waals surface area (Å²) in [5, 5.41) is 1.15. The average molecular weight is 388 g/mol. The Balaban J connectivity index is 2.12. The summed E-state index contributed by atoms with van der Waals surface area (Å²) < 4.78 is 4.88. The largest absolute Gasteiger partial charge is 0.465 e. The lowest BCUT2D eigenvalue weighted by Crippen LogP contribution is -2.24. The topological polar surface area (TPSA) is 46.6 Å². The van der Waals surface area contributed by atoms with Gasteiger partial charge in [-0.3, -0.25) is 9.69 Å². The third-order valence-electron chi connectivity index (χ3n) is 4.06. The quantitative estimate of drug-likeness (QED) is 0.557. The number of benzene rings is 2. The molecule has 0 saturated heterocycles. The summed E-state index contributed by atoms with van der Waals surface area (Å²) >= 11 is 11.8. The smallest absolute Gasteiger partial charge is 0.340 e. The summed E-state index contributed by atoms with van der Waals surface area (Å²) in [7, 11) is 1.29. The molecule has 0 saturated carbocycles. The van der Waals surface area contributed by atoms with Crippen molar-refractivity contribution in [1.82, 2.24) is 0 Å². The van der Waals surface area contributed by atoms with E-state index in [0.29, 0.717) is 21.4 Å². The van der Waals surface area contributed by atoms with E-state index in [2.05, 4.69) is 0 Å². The summed E-state index contributed by atoms with van der Waals surface area (Å²) in [4.78, 5) is 26.8. The number of methoxy groups -OCH3 is 1. The molecule has 1 amide bonds. The first-order chi connectivity index (χ1) is 12.4. The second-order valence-electron chi connectivity index (χ2n) is 5.68. The Kier molecular flexibility index (Phi) is 5.16. The van der Waals surface area contributed by atoms with Gasteiger partial charge < -0.3 is 4.74 Å². The summed E-state index contributed by atoms with van der Waals surface area (Å²) in [5.74, 6) is -0.868. The highest BCUT2D eigenvalue weighted by atomic mass is 35.5. The molecule has 6 heteroatoms. The fourth-order valence-electron chi connectivity index (χ4n) is 2.81. The third kappa shape index (κ3) is 3.39. The fraction of sp³-hybridized carbons (Fsp3) is 0.100. The number of rotatable bonds is 3. The number of anilines is 1. The number of nitrogens with zero attached hydrogens (tertiary/aromatic N) is 1. The average Bonchev–Trinajstić information content (AvgIpc) is 2.87. The van der Waals surface area contributed by atoms with Crippen molar-refractivity contribution in [2.45, 2.75) is 6.92 Å². The summed E-state index contributed by atoms with van der Waals surface area (Å²) in [6.45, 7) is 1.71. The lowest BCUT2D eigenvalue weighted by Gasteiger charge is -2.17. The van der Waals surface area contributed by atoms with Gasteiger partial charge in [-0.05, 0) is 55.0 Å². The van der Waals surface area contributed by atoms with Gasteiger partial charge in [-0.2, -0.15) is 0 Å². The molecule has 1 aliphatic rings. The third-order valence-corrected chi connectivity index (χ3v) is 4.56. The Morgan fingerprint density at radius 2 is 1.54 bits per heavy atom. The van der Waals surface area contributed by atoms with E-state index in [1.54, 1.807) is 61.5 Å². The predicted octanol–water partition coefficient (Wildman–Crippen LogP) is 4.87. The molecule has 0 fully saturated rings. The molecule has 3 rings (SSSR count). The standard InChI is InChI=1S/C20H15Cl2NO3/c1-12-18(20(25)26-2)17(11-13-3-5-14(21)6-4-13)19(24)23(12)16-9-7-15(22)8-10-16/h3-11H,1-2H3/b17-11-. The number of carbonyl (C=O) groups is 2. The van der Waals surface area contributed by atoms with E-state index in [4.69, 9.17) is 27.9 Å². The molecule has 0 aliphatic carbocycles. The van der Waals surface area contributed by atoms with E-state index in [1.807, 2.05) is 0 Å². The maximum atomic E-state index is 13.1. The monoisotopic (exact) mass is 387 g/mol. The van der Waals surface area contributed by atoms with Crippen molar-refractivity contribution in [3.8, 4) is 0 Å². The number of ether oxygens (including phenoxy) is 1. The summed E-state index contributed by atoms with van der Waals surface area (Å²) in [6, 6.07) is 13.8. The molecule has 1 aliphatic heterocycles. The Bertz CT molecular complexity index is 929. The van der Waals surface area contributed by atoms with Crippen LogP contribution in [0.1, 0.15) is 12.5 Å². The zero-order valence-corrected chi connectivity index (χ0v) is 15.6. The molecule has 0 aromatic heterocycles. The van der Waals surface area contributed by atoms with Crippen LogP contribution < -0.4 is 4.90 Å². The van der Waals surface area contributed by atoms with E-state index in [9.17, 15) is 9.59 Å². The molecule has 0 radical (unpaired) electrons. The number of esters is 1. The molecule has 2 aromatic carbocycles. The molecule has 26 heavy (non-hydrogen) atoms. The van der Waals surface area contributed by atoms with Crippen LogP contribution in [0.2, 0.25) is 10.0 Å². The molecule has 1 heterocycles. The number of hydrogen-bond acceptors (Lipinski definition) is 3. The van der Waals surface area contributed by atoms with E-state index >= 15 is 0 Å². The Hall–Kier alpha value is -2.56. The van der Waals surface area contributed by atoms with Gasteiger partial charge in [0.05, 0.1) is 18.3 Å².